The van der Waals surface area contributed by atoms with Crippen molar-refractivity contribution in [3.05, 3.63) is 20.8 Å². The van der Waals surface area contributed by atoms with Gasteiger partial charge >= 0.3 is 0 Å². The maximum atomic E-state index is 5.02. The molecule has 13 heavy (non-hydrogen) atoms. The van der Waals surface area contributed by atoms with Crippen molar-refractivity contribution in [2.24, 2.45) is 0 Å². The Morgan fingerprint density at radius 1 is 1.62 bits per heavy atom. The summed E-state index contributed by atoms with van der Waals surface area (Å²) in [4.78, 5) is 3.57. The highest BCUT2D eigenvalue weighted by Crippen LogP contribution is 2.20. The van der Waals surface area contributed by atoms with E-state index in [4.69, 9.17) is 4.74 Å². The number of hydrogen-bond acceptors (Lipinski definition) is 3. The molecule has 0 fully saturated rings. The van der Waals surface area contributed by atoms with E-state index in [-0.39, 0.29) is 0 Å². The topological polar surface area (TPSA) is 12.5 Å². The molecule has 1 rings (SSSR count). The third kappa shape index (κ3) is 4.22. The van der Waals surface area contributed by atoms with Crippen LogP contribution in [0.2, 0.25) is 0 Å². The van der Waals surface area contributed by atoms with Crippen LogP contribution in [0.1, 0.15) is 4.88 Å². The van der Waals surface area contributed by atoms with Crippen LogP contribution in [0, 0.1) is 0 Å². The molecule has 4 heteroatoms. The quantitative estimate of drug-likeness (QED) is 0.758. The number of methoxy groups -OCH3 is 1. The lowest BCUT2D eigenvalue weighted by Crippen LogP contribution is -2.23. The van der Waals surface area contributed by atoms with Crippen molar-refractivity contribution in [2.45, 2.75) is 6.42 Å². The molecule has 0 atom stereocenters. The van der Waals surface area contributed by atoms with Crippen molar-refractivity contribution < 1.29 is 4.74 Å². The van der Waals surface area contributed by atoms with E-state index < -0.39 is 0 Å². The Morgan fingerprint density at radius 2 is 2.38 bits per heavy atom. The predicted octanol–water partition coefficient (Wildman–Crippen LogP) is 2.59. The standard InChI is InChI=1S/C9H14BrNOS/c1-11(7-12-2)4-3-9-5-8(10)6-13-9/h5-6H,3-4,7H2,1-2H3. The summed E-state index contributed by atoms with van der Waals surface area (Å²) in [6.45, 7) is 1.74. The number of thiophene rings is 1. The first-order chi connectivity index (χ1) is 6.22. The minimum atomic E-state index is 0.701. The van der Waals surface area contributed by atoms with E-state index in [0.717, 1.165) is 13.0 Å². The Bertz CT molecular complexity index is 252. The summed E-state index contributed by atoms with van der Waals surface area (Å²) in [5.41, 5.74) is 0. The van der Waals surface area contributed by atoms with Gasteiger partial charge in [0.2, 0.25) is 0 Å². The van der Waals surface area contributed by atoms with Crippen LogP contribution in [0.25, 0.3) is 0 Å². The van der Waals surface area contributed by atoms with Crippen LogP contribution < -0.4 is 0 Å². The fourth-order valence-electron chi connectivity index (χ4n) is 1.07. The molecular formula is C9H14BrNOS. The zero-order chi connectivity index (χ0) is 9.68. The number of hydrogen-bond donors (Lipinski definition) is 0. The van der Waals surface area contributed by atoms with Gasteiger partial charge in [-0.2, -0.15) is 0 Å². The Hall–Kier alpha value is 0.1000. The molecule has 0 amide bonds. The lowest BCUT2D eigenvalue weighted by atomic mass is 10.3. The summed E-state index contributed by atoms with van der Waals surface area (Å²) in [6, 6.07) is 2.17. The third-order valence-corrected chi connectivity index (χ3v) is 3.47. The summed E-state index contributed by atoms with van der Waals surface area (Å²) < 4.78 is 6.20. The highest BCUT2D eigenvalue weighted by atomic mass is 79.9. The van der Waals surface area contributed by atoms with Crippen LogP contribution in [0.15, 0.2) is 15.9 Å². The van der Waals surface area contributed by atoms with Crippen LogP contribution in [0.4, 0.5) is 0 Å². The van der Waals surface area contributed by atoms with Crippen LogP contribution >= 0.6 is 27.3 Å². The molecule has 0 aromatic carbocycles. The molecule has 0 aliphatic rings. The summed E-state index contributed by atoms with van der Waals surface area (Å²) in [7, 11) is 3.78. The Labute approximate surface area is 91.6 Å². The van der Waals surface area contributed by atoms with E-state index in [1.807, 2.05) is 0 Å². The second-order valence-corrected chi connectivity index (χ2v) is 4.89. The van der Waals surface area contributed by atoms with E-state index in [0.29, 0.717) is 6.73 Å². The molecule has 0 spiro atoms. The molecule has 74 valence electrons. The highest BCUT2D eigenvalue weighted by Gasteiger charge is 2.00. The van der Waals surface area contributed by atoms with Crippen molar-refractivity contribution in [1.82, 2.24) is 4.90 Å². The molecule has 0 N–H and O–H groups in total. The van der Waals surface area contributed by atoms with Gasteiger partial charge in [-0.15, -0.1) is 11.3 Å². The van der Waals surface area contributed by atoms with Crippen LogP contribution in [0.3, 0.4) is 0 Å². The summed E-state index contributed by atoms with van der Waals surface area (Å²) >= 11 is 5.24. The molecule has 0 saturated heterocycles. The van der Waals surface area contributed by atoms with E-state index in [9.17, 15) is 0 Å². The molecule has 1 aromatic rings. The molecule has 0 aliphatic heterocycles. The van der Waals surface area contributed by atoms with Crippen molar-refractivity contribution >= 4 is 27.3 Å². The summed E-state index contributed by atoms with van der Waals surface area (Å²) in [5, 5.41) is 2.12. The van der Waals surface area contributed by atoms with Gasteiger partial charge in [0, 0.05) is 28.4 Å². The van der Waals surface area contributed by atoms with Gasteiger partial charge in [0.15, 0.2) is 0 Å². The van der Waals surface area contributed by atoms with Crippen LogP contribution in [-0.2, 0) is 11.2 Å². The van der Waals surface area contributed by atoms with Gasteiger partial charge in [-0.05, 0) is 35.5 Å². The smallest absolute Gasteiger partial charge is 0.0984 e. The van der Waals surface area contributed by atoms with Gasteiger partial charge in [0.05, 0.1) is 6.73 Å². The zero-order valence-corrected chi connectivity index (χ0v) is 10.3. The predicted molar refractivity (Wildman–Crippen MR) is 60.2 cm³/mol. The van der Waals surface area contributed by atoms with E-state index in [2.05, 4.69) is 39.3 Å². The molecule has 2 nitrogen and oxygen atoms in total. The largest absolute Gasteiger partial charge is 0.369 e. The van der Waals surface area contributed by atoms with Gasteiger partial charge in [-0.1, -0.05) is 0 Å². The normalized spacial score (nSPS) is 11.1. The van der Waals surface area contributed by atoms with Gasteiger partial charge in [0.1, 0.15) is 0 Å². The van der Waals surface area contributed by atoms with E-state index in [1.54, 1.807) is 18.4 Å². The SMILES string of the molecule is COCN(C)CCc1cc(Br)cs1. The molecule has 1 heterocycles. The zero-order valence-electron chi connectivity index (χ0n) is 7.92. The van der Waals surface area contributed by atoms with Crippen LogP contribution in [0.5, 0.6) is 0 Å². The molecule has 1 aromatic heterocycles. The van der Waals surface area contributed by atoms with Gasteiger partial charge in [-0.25, -0.2) is 0 Å². The molecule has 0 radical (unpaired) electrons. The third-order valence-electron chi connectivity index (χ3n) is 1.71. The molecule has 0 aliphatic carbocycles. The molecule has 0 unspecified atom stereocenters. The lowest BCUT2D eigenvalue weighted by molar-refractivity contribution is 0.0828. The maximum Gasteiger partial charge on any atom is 0.0984 e. The second kappa shape index (κ2) is 5.75. The van der Waals surface area contributed by atoms with E-state index >= 15 is 0 Å². The van der Waals surface area contributed by atoms with Crippen molar-refractivity contribution in [3.8, 4) is 0 Å². The van der Waals surface area contributed by atoms with Gasteiger partial charge < -0.3 is 4.74 Å². The Balaban J connectivity index is 2.26. The second-order valence-electron chi connectivity index (χ2n) is 2.98. The number of ether oxygens (including phenoxy) is 1. The fourth-order valence-corrected chi connectivity index (χ4v) is 2.52. The Kier molecular flexibility index (Phi) is 4.94. The lowest BCUT2D eigenvalue weighted by Gasteiger charge is -2.13. The minimum Gasteiger partial charge on any atom is -0.369 e. The average Bonchev–Trinajstić information content (AvgIpc) is 2.49. The first-order valence-electron chi connectivity index (χ1n) is 4.12. The number of nitrogens with zero attached hydrogens (tertiary/aromatic N) is 1. The number of halogens is 1. The first-order valence-corrected chi connectivity index (χ1v) is 5.80. The van der Waals surface area contributed by atoms with E-state index in [1.165, 1.54) is 9.35 Å². The monoisotopic (exact) mass is 263 g/mol. The minimum absolute atomic E-state index is 0.701. The molecule has 0 saturated carbocycles. The van der Waals surface area contributed by atoms with Crippen molar-refractivity contribution in [3.63, 3.8) is 0 Å². The highest BCUT2D eigenvalue weighted by molar-refractivity contribution is 9.10. The Morgan fingerprint density at radius 3 is 2.92 bits per heavy atom. The average molecular weight is 264 g/mol. The van der Waals surface area contributed by atoms with Crippen LogP contribution in [-0.4, -0.2) is 32.3 Å². The van der Waals surface area contributed by atoms with Crippen molar-refractivity contribution in [2.75, 3.05) is 27.4 Å². The van der Waals surface area contributed by atoms with Gasteiger partial charge in [0.25, 0.3) is 0 Å². The van der Waals surface area contributed by atoms with Crippen molar-refractivity contribution in [1.29, 1.82) is 0 Å². The summed E-state index contributed by atoms with van der Waals surface area (Å²) in [5.74, 6) is 0. The maximum absolute atomic E-state index is 5.02. The first kappa shape index (κ1) is 11.2. The fraction of sp³-hybridized carbons (Fsp3) is 0.556. The number of rotatable bonds is 5. The summed E-state index contributed by atoms with van der Waals surface area (Å²) in [6.07, 6.45) is 1.09. The van der Waals surface area contributed by atoms with Gasteiger partial charge in [-0.3, -0.25) is 4.90 Å². The number of likely N-dealkylation sites (N-methyl/N-ethyl adjacent to an activating group) is 1. The molecule has 0 bridgehead atoms. The molecular weight excluding hydrogens is 250 g/mol.